The first-order valence-corrected chi connectivity index (χ1v) is 6.32. The van der Waals surface area contributed by atoms with E-state index < -0.39 is 17.2 Å². The minimum absolute atomic E-state index is 0.0579. The van der Waals surface area contributed by atoms with Gasteiger partial charge in [-0.3, -0.25) is 0 Å². The van der Waals surface area contributed by atoms with Gasteiger partial charge in [-0.15, -0.1) is 0 Å². The Labute approximate surface area is 116 Å². The number of furan rings is 1. The highest BCUT2D eigenvalue weighted by atomic mass is 19.1. The lowest BCUT2D eigenvalue weighted by Gasteiger charge is -2.24. The average Bonchev–Trinajstić information content (AvgIpc) is 2.74. The summed E-state index contributed by atoms with van der Waals surface area (Å²) in [4.78, 5) is 0. The summed E-state index contributed by atoms with van der Waals surface area (Å²) in [7, 11) is 0. The second-order valence-electron chi connectivity index (χ2n) is 5.03. The van der Waals surface area contributed by atoms with Crippen molar-refractivity contribution < 1.29 is 18.3 Å². The molecule has 1 atom stereocenters. The van der Waals surface area contributed by atoms with Crippen molar-refractivity contribution in [3.05, 3.63) is 59.1 Å². The van der Waals surface area contributed by atoms with E-state index in [-0.39, 0.29) is 12.1 Å². The van der Waals surface area contributed by atoms with E-state index in [4.69, 9.17) is 4.42 Å². The van der Waals surface area contributed by atoms with Crippen LogP contribution in [0.1, 0.15) is 23.8 Å². The molecule has 1 aromatic carbocycles. The number of nitrogens with one attached hydrogen (secondary N) is 1. The molecule has 0 amide bonds. The normalized spacial score (nSPS) is 14.2. The Hall–Kier alpha value is -1.72. The molecule has 1 unspecified atom stereocenters. The average molecular weight is 281 g/mol. The Morgan fingerprint density at radius 2 is 2.05 bits per heavy atom. The molecule has 0 radical (unpaired) electrons. The maximum atomic E-state index is 13.7. The van der Waals surface area contributed by atoms with Crippen molar-refractivity contribution >= 4 is 0 Å². The van der Waals surface area contributed by atoms with Gasteiger partial charge in [-0.1, -0.05) is 6.07 Å². The Morgan fingerprint density at radius 3 is 2.65 bits per heavy atom. The van der Waals surface area contributed by atoms with Crippen LogP contribution in [0.3, 0.4) is 0 Å². The van der Waals surface area contributed by atoms with Gasteiger partial charge < -0.3 is 14.8 Å². The van der Waals surface area contributed by atoms with Crippen LogP contribution in [0.25, 0.3) is 0 Å². The molecular weight excluding hydrogens is 264 g/mol. The molecule has 1 heterocycles. The number of halogens is 2. The van der Waals surface area contributed by atoms with Crippen LogP contribution in [0.5, 0.6) is 0 Å². The topological polar surface area (TPSA) is 45.4 Å². The molecule has 0 aliphatic rings. The van der Waals surface area contributed by atoms with Gasteiger partial charge in [-0.05, 0) is 31.5 Å². The van der Waals surface area contributed by atoms with E-state index in [0.717, 1.165) is 23.5 Å². The van der Waals surface area contributed by atoms with Crippen molar-refractivity contribution in [2.24, 2.45) is 0 Å². The number of hydrogen-bond acceptors (Lipinski definition) is 3. The highest BCUT2D eigenvalue weighted by molar-refractivity contribution is 5.25. The van der Waals surface area contributed by atoms with E-state index in [2.05, 4.69) is 5.32 Å². The highest BCUT2D eigenvalue weighted by Gasteiger charge is 2.26. The largest absolute Gasteiger partial charge is 0.468 e. The van der Waals surface area contributed by atoms with Gasteiger partial charge in [0.05, 0.1) is 12.8 Å². The molecule has 0 aliphatic heterocycles. The maximum absolute atomic E-state index is 13.7. The summed E-state index contributed by atoms with van der Waals surface area (Å²) in [6.07, 6.45) is 1.59. The SMILES string of the molecule is Cc1ccoc1CNCC(C)(O)c1ccc(F)cc1F. The fourth-order valence-corrected chi connectivity index (χ4v) is 2.03. The van der Waals surface area contributed by atoms with Crippen LogP contribution >= 0.6 is 0 Å². The molecule has 20 heavy (non-hydrogen) atoms. The first kappa shape index (κ1) is 14.7. The molecule has 0 aliphatic carbocycles. The molecule has 108 valence electrons. The molecule has 0 saturated heterocycles. The van der Waals surface area contributed by atoms with E-state index in [1.54, 1.807) is 6.26 Å². The van der Waals surface area contributed by atoms with Gasteiger partial charge in [-0.2, -0.15) is 0 Å². The lowest BCUT2D eigenvalue weighted by molar-refractivity contribution is 0.0524. The highest BCUT2D eigenvalue weighted by Crippen LogP contribution is 2.23. The van der Waals surface area contributed by atoms with Gasteiger partial charge in [0.1, 0.15) is 23.0 Å². The van der Waals surface area contributed by atoms with Crippen LogP contribution < -0.4 is 5.32 Å². The third kappa shape index (κ3) is 3.23. The van der Waals surface area contributed by atoms with Gasteiger partial charge >= 0.3 is 0 Å². The van der Waals surface area contributed by atoms with Crippen molar-refractivity contribution in [3.63, 3.8) is 0 Å². The summed E-state index contributed by atoms with van der Waals surface area (Å²) in [5.41, 5.74) is -0.370. The second-order valence-corrected chi connectivity index (χ2v) is 5.03. The quantitative estimate of drug-likeness (QED) is 0.886. The molecule has 0 fully saturated rings. The first-order chi connectivity index (χ1) is 9.40. The molecule has 0 bridgehead atoms. The van der Waals surface area contributed by atoms with E-state index >= 15 is 0 Å². The molecule has 0 spiro atoms. The lowest BCUT2D eigenvalue weighted by Crippen LogP contribution is -2.36. The molecule has 5 heteroatoms. The number of aliphatic hydroxyl groups is 1. The van der Waals surface area contributed by atoms with Crippen molar-refractivity contribution in [2.45, 2.75) is 26.0 Å². The Balaban J connectivity index is 2.02. The predicted octanol–water partition coefficient (Wildman–Crippen LogP) is 2.86. The first-order valence-electron chi connectivity index (χ1n) is 6.32. The third-order valence-corrected chi connectivity index (χ3v) is 3.23. The van der Waals surface area contributed by atoms with Crippen molar-refractivity contribution in [2.75, 3.05) is 6.54 Å². The van der Waals surface area contributed by atoms with Crippen molar-refractivity contribution in [1.29, 1.82) is 0 Å². The standard InChI is InChI=1S/C15H17F2NO2/c1-10-5-6-20-14(10)8-18-9-15(2,19)12-4-3-11(16)7-13(12)17/h3-7,18-19H,8-9H2,1-2H3. The lowest BCUT2D eigenvalue weighted by atomic mass is 9.95. The third-order valence-electron chi connectivity index (χ3n) is 3.23. The summed E-state index contributed by atoms with van der Waals surface area (Å²) >= 11 is 0. The number of aryl methyl sites for hydroxylation is 1. The maximum Gasteiger partial charge on any atom is 0.132 e. The van der Waals surface area contributed by atoms with Crippen LogP contribution in [-0.4, -0.2) is 11.7 Å². The molecule has 0 saturated carbocycles. The monoisotopic (exact) mass is 281 g/mol. The fourth-order valence-electron chi connectivity index (χ4n) is 2.03. The summed E-state index contributed by atoms with van der Waals surface area (Å²) < 4.78 is 31.8. The molecule has 2 rings (SSSR count). The number of rotatable bonds is 5. The summed E-state index contributed by atoms with van der Waals surface area (Å²) in [6, 6.07) is 4.99. The van der Waals surface area contributed by atoms with E-state index in [0.29, 0.717) is 6.54 Å². The molecule has 3 nitrogen and oxygen atoms in total. The minimum Gasteiger partial charge on any atom is -0.468 e. The fraction of sp³-hybridized carbons (Fsp3) is 0.333. The molecule has 2 aromatic rings. The van der Waals surface area contributed by atoms with Crippen LogP contribution in [0, 0.1) is 18.6 Å². The summed E-state index contributed by atoms with van der Waals surface area (Å²) in [5.74, 6) is -0.660. The van der Waals surface area contributed by atoms with Gasteiger partial charge in [-0.25, -0.2) is 8.78 Å². The number of hydrogen-bond donors (Lipinski definition) is 2. The summed E-state index contributed by atoms with van der Waals surface area (Å²) in [5, 5.41) is 13.3. The van der Waals surface area contributed by atoms with Crippen LogP contribution in [0.2, 0.25) is 0 Å². The van der Waals surface area contributed by atoms with E-state index in [1.165, 1.54) is 13.0 Å². The zero-order valence-corrected chi connectivity index (χ0v) is 11.4. The zero-order chi connectivity index (χ0) is 14.8. The van der Waals surface area contributed by atoms with Crippen LogP contribution in [0.15, 0.2) is 34.9 Å². The van der Waals surface area contributed by atoms with Crippen LogP contribution in [-0.2, 0) is 12.1 Å². The molecular formula is C15H17F2NO2. The Bertz CT molecular complexity index is 593. The smallest absolute Gasteiger partial charge is 0.132 e. The predicted molar refractivity (Wildman–Crippen MR) is 71.1 cm³/mol. The molecule has 2 N–H and O–H groups in total. The van der Waals surface area contributed by atoms with Crippen molar-refractivity contribution in [3.8, 4) is 0 Å². The van der Waals surface area contributed by atoms with Crippen LogP contribution in [0.4, 0.5) is 8.78 Å². The molecule has 1 aromatic heterocycles. The van der Waals surface area contributed by atoms with E-state index in [1.807, 2.05) is 13.0 Å². The number of benzene rings is 1. The minimum atomic E-state index is -1.43. The van der Waals surface area contributed by atoms with Gasteiger partial charge in [0, 0.05) is 18.2 Å². The Morgan fingerprint density at radius 1 is 1.30 bits per heavy atom. The zero-order valence-electron chi connectivity index (χ0n) is 11.4. The second kappa shape index (κ2) is 5.73. The van der Waals surface area contributed by atoms with Crippen molar-refractivity contribution in [1.82, 2.24) is 5.32 Å². The van der Waals surface area contributed by atoms with Gasteiger partial charge in [0.25, 0.3) is 0 Å². The van der Waals surface area contributed by atoms with Gasteiger partial charge in [0.15, 0.2) is 0 Å². The summed E-state index contributed by atoms with van der Waals surface area (Å²) in [6.45, 7) is 3.94. The van der Waals surface area contributed by atoms with Gasteiger partial charge in [0.2, 0.25) is 0 Å². The Kier molecular flexibility index (Phi) is 4.20. The van der Waals surface area contributed by atoms with E-state index in [9.17, 15) is 13.9 Å².